The van der Waals surface area contributed by atoms with E-state index in [1.165, 1.54) is 25.7 Å². The highest BCUT2D eigenvalue weighted by Crippen LogP contribution is 2.43. The molecule has 46 heavy (non-hydrogen) atoms. The molecule has 1 saturated heterocycles. The summed E-state index contributed by atoms with van der Waals surface area (Å²) in [6, 6.07) is 6.67. The van der Waals surface area contributed by atoms with Crippen LogP contribution in [0.15, 0.2) is 30.5 Å². The van der Waals surface area contributed by atoms with Gasteiger partial charge in [-0.05, 0) is 94.8 Å². The lowest BCUT2D eigenvalue weighted by Gasteiger charge is -2.40. The summed E-state index contributed by atoms with van der Waals surface area (Å²) < 4.78 is 42.0. The van der Waals surface area contributed by atoms with E-state index in [2.05, 4.69) is 37.9 Å². The number of aromatic nitrogens is 2. The zero-order valence-electron chi connectivity index (χ0n) is 26.8. The zero-order valence-corrected chi connectivity index (χ0v) is 26.8. The summed E-state index contributed by atoms with van der Waals surface area (Å²) >= 11 is 0. The summed E-state index contributed by atoms with van der Waals surface area (Å²) in [6.07, 6.45) is 7.11. The van der Waals surface area contributed by atoms with Crippen molar-refractivity contribution in [3.8, 4) is 0 Å². The molecule has 0 bridgehead atoms. The van der Waals surface area contributed by atoms with Crippen molar-refractivity contribution in [2.24, 2.45) is 17.8 Å². The standard InChI is InChI=1S/C34H46F3N7O2/c1-43-16-14-26(15-17-43)44(2)32(46)22-10-12-24(13-11-22)40-33-38-20-28(34(35,36)37)30(42-33)41-29-9-5-8-27(29)31(45)39-25-18-23(19-25)21-6-3-4-7-21/h10-13,20-21,23,25-27,29H,3-9,14-19H2,1-2H3,(H,39,45)(H2,38,40,41,42)/t23?,25?,27-,29+/m0/s1. The number of halogens is 3. The summed E-state index contributed by atoms with van der Waals surface area (Å²) in [5, 5.41) is 9.14. The average Bonchev–Trinajstić information content (AvgIpc) is 3.71. The second kappa shape index (κ2) is 13.8. The van der Waals surface area contributed by atoms with Gasteiger partial charge in [0.15, 0.2) is 0 Å². The Hall–Kier alpha value is -3.41. The van der Waals surface area contributed by atoms with Crippen molar-refractivity contribution in [1.82, 2.24) is 25.1 Å². The summed E-state index contributed by atoms with van der Waals surface area (Å²) in [5.74, 6) is 0.549. The molecule has 12 heteroatoms. The molecule has 0 spiro atoms. The van der Waals surface area contributed by atoms with Crippen LogP contribution in [0.25, 0.3) is 0 Å². The lowest BCUT2D eigenvalue weighted by atomic mass is 9.71. The lowest BCUT2D eigenvalue weighted by molar-refractivity contribution is -0.137. The molecule has 9 nitrogen and oxygen atoms in total. The molecule has 1 aromatic carbocycles. The molecule has 6 rings (SSSR count). The molecule has 2 aromatic rings. The van der Waals surface area contributed by atoms with Crippen molar-refractivity contribution in [2.75, 3.05) is 37.8 Å². The third-order valence-electron chi connectivity index (χ3n) is 10.8. The van der Waals surface area contributed by atoms with Gasteiger partial charge in [0.1, 0.15) is 11.4 Å². The number of carbonyl (C=O) groups is 2. The number of hydrogen-bond acceptors (Lipinski definition) is 7. The minimum Gasteiger partial charge on any atom is -0.366 e. The third kappa shape index (κ3) is 7.42. The van der Waals surface area contributed by atoms with Crippen LogP contribution in [-0.2, 0) is 11.0 Å². The van der Waals surface area contributed by atoms with E-state index in [1.54, 1.807) is 29.2 Å². The van der Waals surface area contributed by atoms with Crippen LogP contribution in [-0.4, -0.2) is 76.9 Å². The van der Waals surface area contributed by atoms with Gasteiger partial charge >= 0.3 is 6.18 Å². The molecule has 2 heterocycles. The molecular weight excluding hydrogens is 595 g/mol. The van der Waals surface area contributed by atoms with Crippen molar-refractivity contribution in [2.45, 2.75) is 94.9 Å². The van der Waals surface area contributed by atoms with Crippen molar-refractivity contribution < 1.29 is 22.8 Å². The molecule has 3 aliphatic carbocycles. The number of amides is 2. The normalized spacial score (nSPS) is 26.0. The zero-order chi connectivity index (χ0) is 32.4. The van der Waals surface area contributed by atoms with E-state index in [4.69, 9.17) is 0 Å². The SMILES string of the molecule is CN1CCC(N(C)C(=O)c2ccc(Nc3ncc(C(F)(F)F)c(N[C@@H]4CCC[C@@H]4C(=O)NC4CC(C5CCCC5)C4)n3)cc2)CC1. The number of rotatable bonds is 9. The first-order valence-electron chi connectivity index (χ1n) is 16.9. The van der Waals surface area contributed by atoms with Gasteiger partial charge in [0, 0.05) is 42.6 Å². The smallest absolute Gasteiger partial charge is 0.366 e. The summed E-state index contributed by atoms with van der Waals surface area (Å²) in [6.45, 7) is 1.90. The molecule has 1 aromatic heterocycles. The van der Waals surface area contributed by atoms with Gasteiger partial charge in [-0.25, -0.2) is 4.98 Å². The molecule has 250 valence electrons. The number of nitrogens with one attached hydrogen (secondary N) is 3. The Labute approximate surface area is 269 Å². The van der Waals surface area contributed by atoms with E-state index in [-0.39, 0.29) is 35.7 Å². The van der Waals surface area contributed by atoms with Crippen molar-refractivity contribution >= 4 is 29.3 Å². The first kappa shape index (κ1) is 32.5. The van der Waals surface area contributed by atoms with Gasteiger partial charge in [-0.3, -0.25) is 9.59 Å². The number of piperidine rings is 1. The van der Waals surface area contributed by atoms with E-state index in [0.717, 1.165) is 57.3 Å². The maximum atomic E-state index is 14.0. The fourth-order valence-corrected chi connectivity index (χ4v) is 7.86. The van der Waals surface area contributed by atoms with E-state index in [0.29, 0.717) is 30.0 Å². The first-order valence-corrected chi connectivity index (χ1v) is 16.9. The molecule has 0 unspecified atom stereocenters. The topological polar surface area (TPSA) is 102 Å². The van der Waals surface area contributed by atoms with Crippen LogP contribution in [0.5, 0.6) is 0 Å². The number of alkyl halides is 3. The van der Waals surface area contributed by atoms with Gasteiger partial charge in [0.25, 0.3) is 5.91 Å². The van der Waals surface area contributed by atoms with Gasteiger partial charge < -0.3 is 25.8 Å². The van der Waals surface area contributed by atoms with Crippen LogP contribution < -0.4 is 16.0 Å². The molecule has 3 saturated carbocycles. The molecule has 2 atom stereocenters. The molecule has 1 aliphatic heterocycles. The predicted molar refractivity (Wildman–Crippen MR) is 171 cm³/mol. The number of likely N-dealkylation sites (tertiary alicyclic amines) is 1. The van der Waals surface area contributed by atoms with Gasteiger partial charge in [-0.15, -0.1) is 0 Å². The Bertz CT molecular complexity index is 1370. The minimum atomic E-state index is -4.67. The fraction of sp³-hybridized carbons (Fsp3) is 0.647. The van der Waals surface area contributed by atoms with E-state index in [1.807, 2.05) is 7.05 Å². The number of hydrogen-bond donors (Lipinski definition) is 3. The van der Waals surface area contributed by atoms with Crippen LogP contribution in [0.4, 0.5) is 30.6 Å². The van der Waals surface area contributed by atoms with E-state index < -0.39 is 23.7 Å². The monoisotopic (exact) mass is 641 g/mol. The third-order valence-corrected chi connectivity index (χ3v) is 10.8. The van der Waals surface area contributed by atoms with E-state index >= 15 is 0 Å². The number of benzene rings is 1. The Balaban J connectivity index is 1.09. The van der Waals surface area contributed by atoms with Crippen LogP contribution in [0.3, 0.4) is 0 Å². The molecular formula is C34H46F3N7O2. The first-order chi connectivity index (χ1) is 22.0. The van der Waals surface area contributed by atoms with Crippen LogP contribution >= 0.6 is 0 Å². The average molecular weight is 642 g/mol. The predicted octanol–water partition coefficient (Wildman–Crippen LogP) is 6.07. The molecule has 4 fully saturated rings. The maximum Gasteiger partial charge on any atom is 0.421 e. The second-order valence-corrected chi connectivity index (χ2v) is 13.9. The van der Waals surface area contributed by atoms with Crippen LogP contribution in [0, 0.1) is 17.8 Å². The van der Waals surface area contributed by atoms with E-state index in [9.17, 15) is 22.8 Å². The molecule has 0 radical (unpaired) electrons. The summed E-state index contributed by atoms with van der Waals surface area (Å²) in [4.78, 5) is 38.5. The minimum absolute atomic E-state index is 0.00978. The Kier molecular flexibility index (Phi) is 9.72. The number of anilines is 3. The van der Waals surface area contributed by atoms with Crippen LogP contribution in [0.1, 0.15) is 86.6 Å². The van der Waals surface area contributed by atoms with Crippen molar-refractivity contribution in [3.63, 3.8) is 0 Å². The van der Waals surface area contributed by atoms with Gasteiger partial charge in [0.2, 0.25) is 11.9 Å². The van der Waals surface area contributed by atoms with Crippen molar-refractivity contribution in [3.05, 3.63) is 41.6 Å². The molecule has 4 aliphatic rings. The highest BCUT2D eigenvalue weighted by Gasteiger charge is 2.41. The summed E-state index contributed by atoms with van der Waals surface area (Å²) in [7, 11) is 3.90. The Morgan fingerprint density at radius 3 is 2.30 bits per heavy atom. The number of carbonyl (C=O) groups excluding carboxylic acids is 2. The lowest BCUT2D eigenvalue weighted by Crippen LogP contribution is -2.49. The maximum absolute atomic E-state index is 14.0. The quantitative estimate of drug-likeness (QED) is 0.306. The van der Waals surface area contributed by atoms with Gasteiger partial charge in [0.05, 0.1) is 5.92 Å². The summed E-state index contributed by atoms with van der Waals surface area (Å²) in [5.41, 5.74) is 0.100. The number of nitrogens with zero attached hydrogens (tertiary/aromatic N) is 4. The Morgan fingerprint density at radius 2 is 1.63 bits per heavy atom. The molecule has 3 N–H and O–H groups in total. The van der Waals surface area contributed by atoms with Crippen LogP contribution in [0.2, 0.25) is 0 Å². The largest absolute Gasteiger partial charge is 0.421 e. The molecule has 2 amide bonds. The van der Waals surface area contributed by atoms with Crippen molar-refractivity contribution in [1.29, 1.82) is 0 Å². The highest BCUT2D eigenvalue weighted by atomic mass is 19.4. The second-order valence-electron chi connectivity index (χ2n) is 13.9. The highest BCUT2D eigenvalue weighted by molar-refractivity contribution is 5.94. The Morgan fingerprint density at radius 1 is 0.935 bits per heavy atom. The van der Waals surface area contributed by atoms with Gasteiger partial charge in [-0.2, -0.15) is 18.2 Å². The van der Waals surface area contributed by atoms with Gasteiger partial charge in [-0.1, -0.05) is 32.1 Å². The fourth-order valence-electron chi connectivity index (χ4n) is 7.86.